The van der Waals surface area contributed by atoms with Gasteiger partial charge in [0.25, 0.3) is 0 Å². The Labute approximate surface area is 112 Å². The maximum atomic E-state index is 10.1. The van der Waals surface area contributed by atoms with E-state index in [-0.39, 0.29) is 11.2 Å². The van der Waals surface area contributed by atoms with Crippen molar-refractivity contribution in [3.8, 4) is 0 Å². The lowest BCUT2D eigenvalue weighted by Crippen LogP contribution is -2.33. The summed E-state index contributed by atoms with van der Waals surface area (Å²) in [6, 6.07) is 0. The number of hydrogen-bond acceptors (Lipinski definition) is 3. The second-order valence-corrected chi connectivity index (χ2v) is 7.28. The van der Waals surface area contributed by atoms with E-state index in [4.69, 9.17) is 9.05 Å². The SMILES string of the molecule is CC1(OP(O)OC2(C)CCCCC2)CCCCC1. The molecule has 0 aromatic rings. The topological polar surface area (TPSA) is 38.7 Å². The maximum absolute atomic E-state index is 10.1. The minimum absolute atomic E-state index is 0.163. The molecule has 0 aliphatic heterocycles. The molecule has 2 aliphatic carbocycles. The Balaban J connectivity index is 1.81. The molecule has 106 valence electrons. The summed E-state index contributed by atoms with van der Waals surface area (Å²) in [7, 11) is -1.72. The first-order chi connectivity index (χ1) is 8.52. The molecule has 0 radical (unpaired) electrons. The molecule has 2 aliphatic rings. The Bertz CT molecular complexity index is 232. The predicted molar refractivity (Wildman–Crippen MR) is 74.3 cm³/mol. The van der Waals surface area contributed by atoms with Crippen molar-refractivity contribution in [2.75, 3.05) is 0 Å². The summed E-state index contributed by atoms with van der Waals surface area (Å²) in [5.41, 5.74) is -0.326. The fraction of sp³-hybridized carbons (Fsp3) is 1.00. The van der Waals surface area contributed by atoms with Gasteiger partial charge in [0.2, 0.25) is 0 Å². The van der Waals surface area contributed by atoms with Crippen LogP contribution in [0.25, 0.3) is 0 Å². The Morgan fingerprint density at radius 3 is 1.39 bits per heavy atom. The molecular formula is C14H27O3P. The van der Waals surface area contributed by atoms with Crippen LogP contribution in [0.5, 0.6) is 0 Å². The normalized spacial score (nSPS) is 27.3. The highest BCUT2D eigenvalue weighted by Crippen LogP contribution is 2.49. The van der Waals surface area contributed by atoms with Gasteiger partial charge in [-0.05, 0) is 39.5 Å². The molecule has 0 heterocycles. The van der Waals surface area contributed by atoms with Crippen LogP contribution in [0.4, 0.5) is 0 Å². The summed E-state index contributed by atoms with van der Waals surface area (Å²) in [4.78, 5) is 10.1. The molecule has 3 nitrogen and oxygen atoms in total. The fourth-order valence-corrected chi connectivity index (χ4v) is 4.33. The Morgan fingerprint density at radius 1 is 0.722 bits per heavy atom. The van der Waals surface area contributed by atoms with Gasteiger partial charge in [0.1, 0.15) is 0 Å². The average molecular weight is 274 g/mol. The van der Waals surface area contributed by atoms with Crippen molar-refractivity contribution in [3.05, 3.63) is 0 Å². The molecule has 0 aromatic heterocycles. The van der Waals surface area contributed by atoms with Gasteiger partial charge in [-0.25, -0.2) is 0 Å². The van der Waals surface area contributed by atoms with E-state index in [0.717, 1.165) is 25.7 Å². The lowest BCUT2D eigenvalue weighted by Gasteiger charge is -2.38. The second kappa shape index (κ2) is 6.17. The van der Waals surface area contributed by atoms with Crippen molar-refractivity contribution in [2.45, 2.75) is 89.3 Å². The van der Waals surface area contributed by atoms with Crippen LogP contribution in [0.15, 0.2) is 0 Å². The summed E-state index contributed by atoms with van der Waals surface area (Å²) >= 11 is 0. The molecule has 0 amide bonds. The van der Waals surface area contributed by atoms with Gasteiger partial charge in [-0.1, -0.05) is 38.5 Å². The molecule has 0 atom stereocenters. The van der Waals surface area contributed by atoms with Crippen molar-refractivity contribution < 1.29 is 13.9 Å². The van der Waals surface area contributed by atoms with Crippen LogP contribution in [0, 0.1) is 0 Å². The van der Waals surface area contributed by atoms with Crippen LogP contribution < -0.4 is 0 Å². The molecule has 4 heteroatoms. The van der Waals surface area contributed by atoms with Crippen molar-refractivity contribution in [1.82, 2.24) is 0 Å². The van der Waals surface area contributed by atoms with E-state index in [1.165, 1.54) is 38.5 Å². The van der Waals surface area contributed by atoms with E-state index in [9.17, 15) is 4.89 Å². The monoisotopic (exact) mass is 274 g/mol. The molecule has 2 fully saturated rings. The minimum atomic E-state index is -1.72. The van der Waals surface area contributed by atoms with E-state index in [1.807, 2.05) is 0 Å². The Morgan fingerprint density at radius 2 is 1.06 bits per heavy atom. The number of rotatable bonds is 4. The molecular weight excluding hydrogens is 247 g/mol. The summed E-state index contributed by atoms with van der Waals surface area (Å²) in [6.07, 6.45) is 11.6. The quantitative estimate of drug-likeness (QED) is 0.756. The van der Waals surface area contributed by atoms with Crippen LogP contribution in [0.3, 0.4) is 0 Å². The second-order valence-electron chi connectivity index (χ2n) is 6.44. The van der Waals surface area contributed by atoms with E-state index in [1.54, 1.807) is 0 Å². The third kappa shape index (κ3) is 4.16. The molecule has 0 bridgehead atoms. The van der Waals surface area contributed by atoms with Crippen LogP contribution in [-0.4, -0.2) is 16.1 Å². The molecule has 2 rings (SSSR count). The van der Waals surface area contributed by atoms with Crippen LogP contribution in [0.1, 0.15) is 78.1 Å². The highest BCUT2D eigenvalue weighted by atomic mass is 31.2. The zero-order chi connectivity index (χ0) is 13.1. The number of hydrogen-bond donors (Lipinski definition) is 1. The first-order valence-corrected chi connectivity index (χ1v) is 8.52. The lowest BCUT2D eigenvalue weighted by molar-refractivity contribution is -0.0164. The van der Waals surface area contributed by atoms with Crippen molar-refractivity contribution in [3.63, 3.8) is 0 Å². The molecule has 0 unspecified atom stereocenters. The van der Waals surface area contributed by atoms with Gasteiger partial charge in [0, 0.05) is 0 Å². The molecule has 1 N–H and O–H groups in total. The van der Waals surface area contributed by atoms with Crippen molar-refractivity contribution in [2.24, 2.45) is 0 Å². The standard InChI is InChI=1S/C14H27O3P/c1-13(9-5-3-6-10-13)16-18(15)17-14(2)11-7-4-8-12-14/h15H,3-12H2,1-2H3. The van der Waals surface area contributed by atoms with E-state index in [0.29, 0.717) is 0 Å². The molecule has 0 aromatic carbocycles. The van der Waals surface area contributed by atoms with Crippen LogP contribution >= 0.6 is 8.60 Å². The molecule has 0 saturated heterocycles. The van der Waals surface area contributed by atoms with E-state index >= 15 is 0 Å². The van der Waals surface area contributed by atoms with Gasteiger partial charge in [0.05, 0.1) is 11.2 Å². The average Bonchev–Trinajstić information content (AvgIpc) is 2.29. The van der Waals surface area contributed by atoms with Gasteiger partial charge in [-0.2, -0.15) is 0 Å². The van der Waals surface area contributed by atoms with Gasteiger partial charge < -0.3 is 13.9 Å². The zero-order valence-electron chi connectivity index (χ0n) is 11.8. The van der Waals surface area contributed by atoms with Gasteiger partial charge in [-0.3, -0.25) is 0 Å². The largest absolute Gasteiger partial charge is 0.330 e. The Hall–Kier alpha value is 0.310. The highest BCUT2D eigenvalue weighted by Gasteiger charge is 2.36. The van der Waals surface area contributed by atoms with Crippen LogP contribution in [0.2, 0.25) is 0 Å². The van der Waals surface area contributed by atoms with E-state index in [2.05, 4.69) is 13.8 Å². The third-order valence-electron chi connectivity index (χ3n) is 4.42. The molecule has 2 saturated carbocycles. The summed E-state index contributed by atoms with van der Waals surface area (Å²) in [5, 5.41) is 0. The maximum Gasteiger partial charge on any atom is 0.330 e. The molecule has 0 spiro atoms. The van der Waals surface area contributed by atoms with Crippen molar-refractivity contribution >= 4 is 8.60 Å². The predicted octanol–water partition coefficient (Wildman–Crippen LogP) is 4.68. The lowest BCUT2D eigenvalue weighted by atomic mass is 9.87. The fourth-order valence-electron chi connectivity index (χ4n) is 3.18. The van der Waals surface area contributed by atoms with E-state index < -0.39 is 8.60 Å². The van der Waals surface area contributed by atoms with Gasteiger partial charge in [0.15, 0.2) is 0 Å². The summed E-state index contributed by atoms with van der Waals surface area (Å²) in [6.45, 7) is 4.23. The smallest absolute Gasteiger partial charge is 0.328 e. The van der Waals surface area contributed by atoms with Gasteiger partial charge >= 0.3 is 8.60 Å². The summed E-state index contributed by atoms with van der Waals surface area (Å²) < 4.78 is 11.7. The first-order valence-electron chi connectivity index (χ1n) is 7.39. The Kier molecular flexibility index (Phi) is 5.05. The highest BCUT2D eigenvalue weighted by molar-refractivity contribution is 7.40. The van der Waals surface area contributed by atoms with Crippen molar-refractivity contribution in [1.29, 1.82) is 0 Å². The van der Waals surface area contributed by atoms with Crippen LogP contribution in [-0.2, 0) is 9.05 Å². The van der Waals surface area contributed by atoms with Gasteiger partial charge in [-0.15, -0.1) is 0 Å². The summed E-state index contributed by atoms with van der Waals surface area (Å²) in [5.74, 6) is 0. The minimum Gasteiger partial charge on any atom is -0.328 e. The third-order valence-corrected chi connectivity index (χ3v) is 5.61. The molecule has 18 heavy (non-hydrogen) atoms. The zero-order valence-corrected chi connectivity index (χ0v) is 12.7. The first kappa shape index (κ1) is 14.7.